The van der Waals surface area contributed by atoms with E-state index in [1.807, 2.05) is 0 Å². The highest BCUT2D eigenvalue weighted by Crippen LogP contribution is 2.16. The molecule has 1 rings (SSSR count). The van der Waals surface area contributed by atoms with Crippen molar-refractivity contribution in [2.24, 2.45) is 5.73 Å². The van der Waals surface area contributed by atoms with E-state index in [9.17, 15) is 14.4 Å². The number of nitrogens with zero attached hydrogens (tertiary/aromatic N) is 1. The molecule has 0 aliphatic heterocycles. The summed E-state index contributed by atoms with van der Waals surface area (Å²) in [4.78, 5) is 35.1. The van der Waals surface area contributed by atoms with E-state index in [0.717, 1.165) is 4.90 Å². The third-order valence-electron chi connectivity index (χ3n) is 2.51. The number of nitrogens with two attached hydrogens (primary N) is 1. The molecule has 0 fully saturated rings. The van der Waals surface area contributed by atoms with Crippen LogP contribution in [0.1, 0.15) is 6.42 Å². The van der Waals surface area contributed by atoms with Gasteiger partial charge >= 0.3 is 11.8 Å². The highest BCUT2D eigenvalue weighted by atomic mass is 16.5. The Bertz CT molecular complexity index is 490. The molecule has 0 radical (unpaired) electrons. The first-order chi connectivity index (χ1) is 9.62. The van der Waals surface area contributed by atoms with Gasteiger partial charge in [-0.1, -0.05) is 6.07 Å². The number of anilines is 1. The molecule has 0 atom stereocenters. The molecule has 0 unspecified atom stereocenters. The summed E-state index contributed by atoms with van der Waals surface area (Å²) < 4.78 is 5.00. The van der Waals surface area contributed by atoms with Crippen LogP contribution < -0.4 is 15.8 Å². The van der Waals surface area contributed by atoms with Crippen LogP contribution in [-0.4, -0.2) is 43.3 Å². The van der Waals surface area contributed by atoms with Gasteiger partial charge in [0.05, 0.1) is 7.11 Å². The van der Waals surface area contributed by atoms with E-state index in [-0.39, 0.29) is 6.54 Å². The van der Waals surface area contributed by atoms with Crippen LogP contribution in [0.5, 0.6) is 5.75 Å². The Morgan fingerprint density at radius 3 is 2.80 bits per heavy atom. The lowest BCUT2D eigenvalue weighted by Crippen LogP contribution is -2.39. The quantitative estimate of drug-likeness (QED) is 0.562. The molecule has 0 bridgehead atoms. The van der Waals surface area contributed by atoms with Crippen molar-refractivity contribution in [2.45, 2.75) is 6.42 Å². The fourth-order valence-corrected chi connectivity index (χ4v) is 1.48. The number of hydrogen-bond acceptors (Lipinski definition) is 5. The fraction of sp³-hybridized carbons (Fsp3) is 0.308. The number of imide groups is 1. The second-order valence-electron chi connectivity index (χ2n) is 3.93. The van der Waals surface area contributed by atoms with Crippen LogP contribution in [-0.2, 0) is 14.4 Å². The molecule has 0 saturated carbocycles. The van der Waals surface area contributed by atoms with Crippen LogP contribution in [0.2, 0.25) is 0 Å². The van der Waals surface area contributed by atoms with Gasteiger partial charge in [-0.2, -0.15) is 0 Å². The van der Waals surface area contributed by atoms with E-state index in [2.05, 4.69) is 5.32 Å². The van der Waals surface area contributed by atoms with Crippen LogP contribution in [0, 0.1) is 0 Å². The molecule has 1 aromatic rings. The first-order valence-corrected chi connectivity index (χ1v) is 6.03. The molecule has 3 N–H and O–H groups in total. The molecule has 7 nitrogen and oxygen atoms in total. The van der Waals surface area contributed by atoms with Crippen molar-refractivity contribution in [1.29, 1.82) is 0 Å². The van der Waals surface area contributed by atoms with Gasteiger partial charge in [0.15, 0.2) is 0 Å². The summed E-state index contributed by atoms with van der Waals surface area (Å²) in [6.07, 6.45) is 0.764. The van der Waals surface area contributed by atoms with Gasteiger partial charge in [0.1, 0.15) is 5.75 Å². The van der Waals surface area contributed by atoms with Gasteiger partial charge in [-0.3, -0.25) is 19.3 Å². The molecule has 20 heavy (non-hydrogen) atoms. The topological polar surface area (TPSA) is 102 Å². The third-order valence-corrected chi connectivity index (χ3v) is 2.51. The van der Waals surface area contributed by atoms with Crippen LogP contribution in [0.4, 0.5) is 5.69 Å². The molecule has 108 valence electrons. The Balaban J connectivity index is 2.68. The molecule has 0 spiro atoms. The third kappa shape index (κ3) is 4.36. The van der Waals surface area contributed by atoms with Gasteiger partial charge in [0.2, 0.25) is 6.41 Å². The number of amides is 3. The average molecular weight is 279 g/mol. The predicted molar refractivity (Wildman–Crippen MR) is 73.1 cm³/mol. The molecule has 1 aromatic carbocycles. The van der Waals surface area contributed by atoms with Crippen molar-refractivity contribution in [3.63, 3.8) is 0 Å². The van der Waals surface area contributed by atoms with E-state index < -0.39 is 11.8 Å². The minimum atomic E-state index is -0.920. The number of rotatable bonds is 6. The first kappa shape index (κ1) is 15.6. The Morgan fingerprint density at radius 1 is 1.45 bits per heavy atom. The zero-order valence-electron chi connectivity index (χ0n) is 11.2. The van der Waals surface area contributed by atoms with E-state index in [0.29, 0.717) is 30.8 Å². The molecule has 7 heteroatoms. The fourth-order valence-electron chi connectivity index (χ4n) is 1.48. The summed E-state index contributed by atoms with van der Waals surface area (Å²) in [5, 5.41) is 2.41. The number of nitrogens with one attached hydrogen (secondary N) is 1. The van der Waals surface area contributed by atoms with Crippen LogP contribution in [0.3, 0.4) is 0 Å². The Hall–Kier alpha value is -2.41. The van der Waals surface area contributed by atoms with Gasteiger partial charge in [-0.15, -0.1) is 0 Å². The Kier molecular flexibility index (Phi) is 6.18. The normalized spacial score (nSPS) is 9.70. The molecule has 0 aliphatic rings. The first-order valence-electron chi connectivity index (χ1n) is 6.03. The second kappa shape index (κ2) is 7.90. The van der Waals surface area contributed by atoms with Crippen molar-refractivity contribution in [3.05, 3.63) is 24.3 Å². The standard InChI is InChI=1S/C13H17N3O4/c1-20-11-5-2-4-10(8-11)15-12(18)13(19)16(9-17)7-3-6-14/h2,4-5,8-9H,3,6-7,14H2,1H3,(H,15,18). The van der Waals surface area contributed by atoms with E-state index in [1.165, 1.54) is 7.11 Å². The molecular weight excluding hydrogens is 262 g/mol. The average Bonchev–Trinajstić information content (AvgIpc) is 2.47. The van der Waals surface area contributed by atoms with Gasteiger partial charge in [-0.05, 0) is 25.1 Å². The van der Waals surface area contributed by atoms with Gasteiger partial charge in [-0.25, -0.2) is 0 Å². The highest BCUT2D eigenvalue weighted by molar-refractivity contribution is 6.41. The number of benzene rings is 1. The molecule has 3 amide bonds. The lowest BCUT2D eigenvalue weighted by atomic mass is 10.3. The SMILES string of the molecule is COc1cccc(NC(=O)C(=O)N(C=O)CCCN)c1. The molecule has 0 aliphatic carbocycles. The Morgan fingerprint density at radius 2 is 2.20 bits per heavy atom. The molecule has 0 saturated heterocycles. The minimum Gasteiger partial charge on any atom is -0.497 e. The maximum absolute atomic E-state index is 11.7. The number of hydrogen-bond donors (Lipinski definition) is 2. The van der Waals surface area contributed by atoms with Crippen molar-refractivity contribution in [2.75, 3.05) is 25.5 Å². The number of carbonyl (C=O) groups is 3. The molecule has 0 heterocycles. The monoisotopic (exact) mass is 279 g/mol. The maximum atomic E-state index is 11.7. The Labute approximate surface area is 116 Å². The highest BCUT2D eigenvalue weighted by Gasteiger charge is 2.21. The van der Waals surface area contributed by atoms with E-state index in [4.69, 9.17) is 10.5 Å². The van der Waals surface area contributed by atoms with Crippen LogP contribution in [0.25, 0.3) is 0 Å². The minimum absolute atomic E-state index is 0.115. The van der Waals surface area contributed by atoms with E-state index >= 15 is 0 Å². The summed E-state index contributed by atoms with van der Waals surface area (Å²) in [6, 6.07) is 6.55. The molecular formula is C13H17N3O4. The summed E-state index contributed by atoms with van der Waals surface area (Å²) in [7, 11) is 1.49. The second-order valence-corrected chi connectivity index (χ2v) is 3.93. The predicted octanol–water partition coefficient (Wildman–Crippen LogP) is -0.0325. The summed E-state index contributed by atoms with van der Waals surface area (Å²) >= 11 is 0. The summed E-state index contributed by atoms with van der Waals surface area (Å²) in [5.41, 5.74) is 5.70. The zero-order valence-corrected chi connectivity index (χ0v) is 11.2. The van der Waals surface area contributed by atoms with Crippen molar-refractivity contribution >= 4 is 23.9 Å². The van der Waals surface area contributed by atoms with Gasteiger partial charge in [0, 0.05) is 18.3 Å². The maximum Gasteiger partial charge on any atom is 0.318 e. The zero-order chi connectivity index (χ0) is 15.0. The summed E-state index contributed by atoms with van der Waals surface area (Å²) in [6.45, 7) is 0.444. The van der Waals surface area contributed by atoms with Crippen molar-refractivity contribution in [1.82, 2.24) is 4.90 Å². The number of ether oxygens (including phenoxy) is 1. The van der Waals surface area contributed by atoms with Crippen molar-refractivity contribution < 1.29 is 19.1 Å². The molecule has 0 aromatic heterocycles. The largest absolute Gasteiger partial charge is 0.497 e. The smallest absolute Gasteiger partial charge is 0.318 e. The van der Waals surface area contributed by atoms with E-state index in [1.54, 1.807) is 24.3 Å². The van der Waals surface area contributed by atoms with Gasteiger partial charge < -0.3 is 15.8 Å². The van der Waals surface area contributed by atoms with Crippen LogP contribution in [0.15, 0.2) is 24.3 Å². The lowest BCUT2D eigenvalue weighted by molar-refractivity contribution is -0.146. The number of methoxy groups -OCH3 is 1. The van der Waals surface area contributed by atoms with Crippen LogP contribution >= 0.6 is 0 Å². The van der Waals surface area contributed by atoms with Gasteiger partial charge in [0.25, 0.3) is 0 Å². The summed E-state index contributed by atoms with van der Waals surface area (Å²) in [5.74, 6) is -1.26. The lowest BCUT2D eigenvalue weighted by Gasteiger charge is -2.14. The number of carbonyl (C=O) groups excluding carboxylic acids is 3. The van der Waals surface area contributed by atoms with Crippen molar-refractivity contribution in [3.8, 4) is 5.75 Å².